The predicted octanol–water partition coefficient (Wildman–Crippen LogP) is 1.39. The van der Waals surface area contributed by atoms with E-state index in [-0.39, 0.29) is 17.0 Å². The van der Waals surface area contributed by atoms with Gasteiger partial charge in [0.05, 0.1) is 0 Å². The molecule has 0 saturated heterocycles. The lowest BCUT2D eigenvalue weighted by Crippen LogP contribution is -1.98. The highest BCUT2D eigenvalue weighted by Crippen LogP contribution is 2.12. The van der Waals surface area contributed by atoms with Crippen LogP contribution in [0, 0.1) is 0 Å². The lowest BCUT2D eigenvalue weighted by molar-refractivity contribution is 0.615. The number of halogens is 1. The molecule has 0 radical (unpaired) electrons. The Labute approximate surface area is 88.6 Å². The van der Waals surface area contributed by atoms with E-state index in [0.29, 0.717) is 12.3 Å². The van der Waals surface area contributed by atoms with Gasteiger partial charge in [0.15, 0.2) is 8.87 Å². The van der Waals surface area contributed by atoms with Crippen LogP contribution >= 0.6 is 27.8 Å². The monoisotopic (exact) mass is 277 g/mol. The molecule has 2 N–H and O–H groups in total. The fourth-order valence-electron chi connectivity index (χ4n) is 0.633. The summed E-state index contributed by atoms with van der Waals surface area (Å²) in [5, 5.41) is 0. The fourth-order valence-corrected chi connectivity index (χ4v) is 2.52. The first-order valence-corrected chi connectivity index (χ1v) is 7.00. The molecule has 0 amide bonds. The SMILES string of the molecule is Br.CS(=O)(=O)SCCCCCN. The summed E-state index contributed by atoms with van der Waals surface area (Å²) < 4.78 is 21.2. The van der Waals surface area contributed by atoms with Gasteiger partial charge in [0.1, 0.15) is 0 Å². The molecular weight excluding hydrogens is 262 g/mol. The van der Waals surface area contributed by atoms with Crippen molar-refractivity contribution in [1.29, 1.82) is 0 Å². The van der Waals surface area contributed by atoms with Gasteiger partial charge in [0.2, 0.25) is 0 Å². The zero-order chi connectivity index (χ0) is 8.74. The highest BCUT2D eigenvalue weighted by molar-refractivity contribution is 8.93. The minimum absolute atomic E-state index is 0. The number of rotatable bonds is 6. The topological polar surface area (TPSA) is 60.2 Å². The Bertz CT molecular complexity index is 182. The zero-order valence-electron chi connectivity index (χ0n) is 7.15. The molecule has 76 valence electrons. The second-order valence-electron chi connectivity index (χ2n) is 2.38. The summed E-state index contributed by atoms with van der Waals surface area (Å²) in [7, 11) is -1.81. The molecule has 0 atom stereocenters. The van der Waals surface area contributed by atoms with Crippen LogP contribution in [0.15, 0.2) is 0 Å². The first kappa shape index (κ1) is 15.2. The Balaban J connectivity index is 0. The van der Waals surface area contributed by atoms with E-state index in [0.717, 1.165) is 30.1 Å². The molecule has 0 aromatic heterocycles. The third-order valence-corrected chi connectivity index (χ3v) is 3.81. The molecule has 0 heterocycles. The molecule has 0 aromatic rings. The molecule has 0 aliphatic heterocycles. The molecule has 3 nitrogen and oxygen atoms in total. The van der Waals surface area contributed by atoms with Crippen LogP contribution in [0.3, 0.4) is 0 Å². The maximum atomic E-state index is 10.6. The van der Waals surface area contributed by atoms with Crippen LogP contribution in [0.2, 0.25) is 0 Å². The smallest absolute Gasteiger partial charge is 0.198 e. The average molecular weight is 278 g/mol. The Kier molecular flexibility index (Phi) is 10.6. The minimum atomic E-state index is -2.83. The van der Waals surface area contributed by atoms with E-state index in [4.69, 9.17) is 5.73 Å². The number of hydrogen-bond donors (Lipinski definition) is 1. The number of hydrogen-bond acceptors (Lipinski definition) is 4. The van der Waals surface area contributed by atoms with E-state index in [9.17, 15) is 8.42 Å². The molecule has 0 spiro atoms. The van der Waals surface area contributed by atoms with Crippen LogP contribution in [-0.4, -0.2) is 27.0 Å². The van der Waals surface area contributed by atoms with E-state index >= 15 is 0 Å². The average Bonchev–Trinajstić information content (AvgIpc) is 1.85. The van der Waals surface area contributed by atoms with Gasteiger partial charge in [-0.1, -0.05) is 6.42 Å². The Morgan fingerprint density at radius 3 is 2.25 bits per heavy atom. The van der Waals surface area contributed by atoms with Gasteiger partial charge in [-0.15, -0.1) is 17.0 Å². The second-order valence-corrected chi connectivity index (χ2v) is 6.95. The quantitative estimate of drug-likeness (QED) is 0.589. The Hall–Kier alpha value is 0.740. The fraction of sp³-hybridized carbons (Fsp3) is 1.00. The van der Waals surface area contributed by atoms with Gasteiger partial charge in [-0.3, -0.25) is 0 Å². The van der Waals surface area contributed by atoms with E-state index in [1.807, 2.05) is 0 Å². The van der Waals surface area contributed by atoms with Crippen molar-refractivity contribution in [2.75, 3.05) is 18.6 Å². The van der Waals surface area contributed by atoms with Crippen LogP contribution in [0.25, 0.3) is 0 Å². The largest absolute Gasteiger partial charge is 0.330 e. The molecular formula is C6H16BrNO2S2. The molecule has 12 heavy (non-hydrogen) atoms. The van der Waals surface area contributed by atoms with Crippen molar-refractivity contribution < 1.29 is 8.42 Å². The molecule has 0 aromatic carbocycles. The molecule has 0 fully saturated rings. The summed E-state index contributed by atoms with van der Waals surface area (Å²) in [6.45, 7) is 0.698. The van der Waals surface area contributed by atoms with Gasteiger partial charge in [-0.05, 0) is 30.2 Å². The van der Waals surface area contributed by atoms with Gasteiger partial charge in [0.25, 0.3) is 0 Å². The molecule has 0 unspecified atom stereocenters. The summed E-state index contributed by atoms with van der Waals surface area (Å²) in [6.07, 6.45) is 4.19. The highest BCUT2D eigenvalue weighted by Gasteiger charge is 2.00. The van der Waals surface area contributed by atoms with Crippen LogP contribution < -0.4 is 5.73 Å². The number of unbranched alkanes of at least 4 members (excludes halogenated alkanes) is 2. The predicted molar refractivity (Wildman–Crippen MR) is 60.5 cm³/mol. The van der Waals surface area contributed by atoms with Gasteiger partial charge in [0, 0.05) is 12.0 Å². The van der Waals surface area contributed by atoms with Crippen molar-refractivity contribution in [3.05, 3.63) is 0 Å². The van der Waals surface area contributed by atoms with Gasteiger partial charge in [-0.2, -0.15) is 0 Å². The van der Waals surface area contributed by atoms with Crippen molar-refractivity contribution in [2.45, 2.75) is 19.3 Å². The summed E-state index contributed by atoms with van der Waals surface area (Å²) in [5.74, 6) is 0.693. The Morgan fingerprint density at radius 1 is 1.25 bits per heavy atom. The number of nitrogens with two attached hydrogens (primary N) is 1. The molecule has 0 aliphatic rings. The lowest BCUT2D eigenvalue weighted by atomic mass is 10.2. The lowest BCUT2D eigenvalue weighted by Gasteiger charge is -1.97. The van der Waals surface area contributed by atoms with Gasteiger partial charge in [-0.25, -0.2) is 8.42 Å². The summed E-state index contributed by atoms with van der Waals surface area (Å²) in [4.78, 5) is 0. The van der Waals surface area contributed by atoms with E-state index < -0.39 is 8.87 Å². The highest BCUT2D eigenvalue weighted by atomic mass is 79.9. The molecule has 0 saturated carbocycles. The van der Waals surface area contributed by atoms with Crippen LogP contribution in [-0.2, 0) is 8.87 Å². The third-order valence-electron chi connectivity index (χ3n) is 1.15. The van der Waals surface area contributed by atoms with Crippen LogP contribution in [0.5, 0.6) is 0 Å². The van der Waals surface area contributed by atoms with Crippen LogP contribution in [0.4, 0.5) is 0 Å². The molecule has 0 rings (SSSR count). The summed E-state index contributed by atoms with van der Waals surface area (Å²) >= 11 is 0. The first-order chi connectivity index (χ1) is 5.06. The standard InChI is InChI=1S/C6H15NO2S2.BrH/c1-11(8,9)10-6-4-2-3-5-7;/h2-7H2,1H3;1H. The molecule has 0 bridgehead atoms. The van der Waals surface area contributed by atoms with Crippen molar-refractivity contribution in [3.8, 4) is 0 Å². The summed E-state index contributed by atoms with van der Waals surface area (Å²) in [5.41, 5.74) is 5.27. The first-order valence-electron chi connectivity index (χ1n) is 3.61. The van der Waals surface area contributed by atoms with Crippen LogP contribution in [0.1, 0.15) is 19.3 Å². The second kappa shape index (κ2) is 8.34. The molecule has 0 aliphatic carbocycles. The molecule has 6 heteroatoms. The van der Waals surface area contributed by atoms with Gasteiger partial charge >= 0.3 is 0 Å². The van der Waals surface area contributed by atoms with Crippen molar-refractivity contribution in [3.63, 3.8) is 0 Å². The normalized spacial score (nSPS) is 10.8. The van der Waals surface area contributed by atoms with Crippen molar-refractivity contribution in [1.82, 2.24) is 0 Å². The van der Waals surface area contributed by atoms with E-state index in [2.05, 4.69) is 0 Å². The minimum Gasteiger partial charge on any atom is -0.330 e. The van der Waals surface area contributed by atoms with E-state index in [1.165, 1.54) is 6.26 Å². The third kappa shape index (κ3) is 13.3. The summed E-state index contributed by atoms with van der Waals surface area (Å²) in [6, 6.07) is 0. The van der Waals surface area contributed by atoms with Gasteiger partial charge < -0.3 is 5.73 Å². The maximum absolute atomic E-state index is 10.6. The van der Waals surface area contributed by atoms with E-state index in [1.54, 1.807) is 0 Å². The Morgan fingerprint density at radius 2 is 1.83 bits per heavy atom. The van der Waals surface area contributed by atoms with Crippen molar-refractivity contribution in [2.24, 2.45) is 5.73 Å². The maximum Gasteiger partial charge on any atom is 0.198 e. The zero-order valence-corrected chi connectivity index (χ0v) is 10.5. The van der Waals surface area contributed by atoms with Crippen molar-refractivity contribution >= 4 is 36.6 Å².